The number of hydrogen-bond donors (Lipinski definition) is 3. The van der Waals surface area contributed by atoms with Crippen molar-refractivity contribution in [2.75, 3.05) is 5.43 Å². The molecule has 0 aliphatic carbocycles. The fourth-order valence-corrected chi connectivity index (χ4v) is 1.66. The molecular formula is C9H10N6OS. The van der Waals surface area contributed by atoms with Crippen LogP contribution in [0.15, 0.2) is 24.0 Å². The van der Waals surface area contributed by atoms with Gasteiger partial charge in [0.25, 0.3) is 5.91 Å². The standard InChI is InChI=1S/C9H10N6OS/c10-15-7-4-12-6(3-13-7)9(16)14-5-8-11-1-2-17-8/h1-4H,5,10H2,(H,13,15)(H,14,16). The summed E-state index contributed by atoms with van der Waals surface area (Å²) in [4.78, 5) is 23.5. The number of nitrogens with two attached hydrogens (primary N) is 1. The fourth-order valence-electron chi connectivity index (χ4n) is 1.11. The van der Waals surface area contributed by atoms with E-state index in [1.54, 1.807) is 6.20 Å². The number of nitrogens with zero attached hydrogens (tertiary/aromatic N) is 3. The molecule has 0 saturated heterocycles. The number of hydrogen-bond acceptors (Lipinski definition) is 7. The van der Waals surface area contributed by atoms with Gasteiger partial charge in [-0.05, 0) is 0 Å². The minimum atomic E-state index is -0.295. The van der Waals surface area contributed by atoms with Gasteiger partial charge in [-0.15, -0.1) is 11.3 Å². The van der Waals surface area contributed by atoms with E-state index >= 15 is 0 Å². The van der Waals surface area contributed by atoms with Crippen LogP contribution in [0.1, 0.15) is 15.5 Å². The highest BCUT2D eigenvalue weighted by molar-refractivity contribution is 7.09. The lowest BCUT2D eigenvalue weighted by molar-refractivity contribution is 0.0945. The van der Waals surface area contributed by atoms with Gasteiger partial charge in [0, 0.05) is 11.6 Å². The second-order valence-electron chi connectivity index (χ2n) is 3.04. The summed E-state index contributed by atoms with van der Waals surface area (Å²) in [5, 5.41) is 5.38. The second kappa shape index (κ2) is 5.32. The highest BCUT2D eigenvalue weighted by Gasteiger charge is 2.07. The van der Waals surface area contributed by atoms with E-state index in [0.717, 1.165) is 5.01 Å². The molecule has 2 aromatic heterocycles. The SMILES string of the molecule is NNc1cnc(C(=O)NCc2nccs2)cn1. The molecule has 0 fully saturated rings. The number of nitrogens with one attached hydrogen (secondary N) is 2. The lowest BCUT2D eigenvalue weighted by Crippen LogP contribution is -2.24. The summed E-state index contributed by atoms with van der Waals surface area (Å²) >= 11 is 1.48. The summed E-state index contributed by atoms with van der Waals surface area (Å²) < 4.78 is 0. The zero-order chi connectivity index (χ0) is 12.1. The Labute approximate surface area is 101 Å². The highest BCUT2D eigenvalue weighted by atomic mass is 32.1. The molecule has 1 amide bonds. The van der Waals surface area contributed by atoms with Crippen LogP contribution < -0.4 is 16.6 Å². The molecule has 0 aliphatic heterocycles. The Morgan fingerprint density at radius 1 is 1.35 bits per heavy atom. The van der Waals surface area contributed by atoms with Crippen molar-refractivity contribution in [3.8, 4) is 0 Å². The Morgan fingerprint density at radius 2 is 2.24 bits per heavy atom. The predicted molar refractivity (Wildman–Crippen MR) is 63.1 cm³/mol. The van der Waals surface area contributed by atoms with E-state index in [1.165, 1.54) is 23.7 Å². The summed E-state index contributed by atoms with van der Waals surface area (Å²) in [7, 11) is 0. The van der Waals surface area contributed by atoms with Gasteiger partial charge < -0.3 is 10.7 Å². The van der Waals surface area contributed by atoms with Crippen LogP contribution in [-0.2, 0) is 6.54 Å². The Morgan fingerprint density at radius 3 is 2.82 bits per heavy atom. The van der Waals surface area contributed by atoms with Gasteiger partial charge in [-0.25, -0.2) is 20.8 Å². The van der Waals surface area contributed by atoms with Crippen LogP contribution in [0.4, 0.5) is 5.82 Å². The van der Waals surface area contributed by atoms with E-state index < -0.39 is 0 Å². The summed E-state index contributed by atoms with van der Waals surface area (Å²) in [6.07, 6.45) is 4.43. The summed E-state index contributed by atoms with van der Waals surface area (Å²) in [6, 6.07) is 0. The van der Waals surface area contributed by atoms with Gasteiger partial charge in [-0.1, -0.05) is 0 Å². The van der Waals surface area contributed by atoms with E-state index in [1.807, 2.05) is 5.38 Å². The van der Waals surface area contributed by atoms with Crippen molar-refractivity contribution in [3.05, 3.63) is 34.7 Å². The number of nitrogen functional groups attached to an aromatic ring is 1. The molecule has 17 heavy (non-hydrogen) atoms. The molecule has 2 heterocycles. The predicted octanol–water partition coefficient (Wildman–Crippen LogP) is 0.149. The van der Waals surface area contributed by atoms with Gasteiger partial charge >= 0.3 is 0 Å². The lowest BCUT2D eigenvalue weighted by Gasteiger charge is -2.02. The zero-order valence-electron chi connectivity index (χ0n) is 8.75. The number of thiazole rings is 1. The molecule has 0 radical (unpaired) electrons. The van der Waals surface area contributed by atoms with Crippen molar-refractivity contribution >= 4 is 23.1 Å². The molecule has 2 aromatic rings. The number of carbonyl (C=O) groups excluding carboxylic acids is 1. The number of aromatic nitrogens is 3. The third kappa shape index (κ3) is 2.95. The molecule has 0 spiro atoms. The maximum Gasteiger partial charge on any atom is 0.271 e. The molecule has 0 saturated carbocycles. The van der Waals surface area contributed by atoms with Gasteiger partial charge in [-0.3, -0.25) is 4.79 Å². The van der Waals surface area contributed by atoms with E-state index in [-0.39, 0.29) is 11.6 Å². The largest absolute Gasteiger partial charge is 0.344 e. The molecular weight excluding hydrogens is 240 g/mol. The molecule has 0 aliphatic rings. The van der Waals surface area contributed by atoms with Crippen LogP contribution in [0, 0.1) is 0 Å². The zero-order valence-corrected chi connectivity index (χ0v) is 9.57. The Hall–Kier alpha value is -2.06. The van der Waals surface area contributed by atoms with Gasteiger partial charge in [0.1, 0.15) is 10.7 Å². The lowest BCUT2D eigenvalue weighted by atomic mass is 10.4. The monoisotopic (exact) mass is 250 g/mol. The molecule has 88 valence electrons. The summed E-state index contributed by atoms with van der Waals surface area (Å²) in [5.41, 5.74) is 2.57. The van der Waals surface area contributed by atoms with Gasteiger partial charge in [0.2, 0.25) is 0 Å². The number of anilines is 1. The third-order valence-corrected chi connectivity index (χ3v) is 2.70. The van der Waals surface area contributed by atoms with Crippen LogP contribution in [0.3, 0.4) is 0 Å². The van der Waals surface area contributed by atoms with Gasteiger partial charge in [0.15, 0.2) is 5.82 Å². The Bertz CT molecular complexity index is 483. The van der Waals surface area contributed by atoms with Crippen molar-refractivity contribution in [1.82, 2.24) is 20.3 Å². The van der Waals surface area contributed by atoms with Crippen molar-refractivity contribution in [2.45, 2.75) is 6.54 Å². The van der Waals surface area contributed by atoms with E-state index in [9.17, 15) is 4.79 Å². The normalized spacial score (nSPS) is 9.94. The maximum atomic E-state index is 11.7. The average Bonchev–Trinajstić information content (AvgIpc) is 2.89. The summed E-state index contributed by atoms with van der Waals surface area (Å²) in [5.74, 6) is 5.25. The minimum absolute atomic E-state index is 0.237. The van der Waals surface area contributed by atoms with Crippen molar-refractivity contribution in [2.24, 2.45) is 5.84 Å². The van der Waals surface area contributed by atoms with Crippen LogP contribution in [0.25, 0.3) is 0 Å². The first-order chi connectivity index (χ1) is 8.29. The number of rotatable bonds is 4. The Balaban J connectivity index is 1.95. The van der Waals surface area contributed by atoms with Crippen LogP contribution in [0.5, 0.6) is 0 Å². The van der Waals surface area contributed by atoms with E-state index in [0.29, 0.717) is 12.4 Å². The van der Waals surface area contributed by atoms with Crippen molar-refractivity contribution in [3.63, 3.8) is 0 Å². The quantitative estimate of drug-likeness (QED) is 0.527. The topological polar surface area (TPSA) is 106 Å². The number of carbonyl (C=O) groups is 1. The molecule has 0 bridgehead atoms. The van der Waals surface area contributed by atoms with Crippen LogP contribution in [-0.4, -0.2) is 20.9 Å². The first kappa shape index (κ1) is 11.4. The molecule has 4 N–H and O–H groups in total. The fraction of sp³-hybridized carbons (Fsp3) is 0.111. The molecule has 7 nitrogen and oxygen atoms in total. The van der Waals surface area contributed by atoms with E-state index in [2.05, 4.69) is 25.7 Å². The van der Waals surface area contributed by atoms with Crippen LogP contribution >= 0.6 is 11.3 Å². The average molecular weight is 250 g/mol. The highest BCUT2D eigenvalue weighted by Crippen LogP contribution is 2.04. The van der Waals surface area contributed by atoms with Gasteiger partial charge in [-0.2, -0.15) is 0 Å². The molecule has 8 heteroatoms. The summed E-state index contributed by atoms with van der Waals surface area (Å²) in [6.45, 7) is 0.384. The smallest absolute Gasteiger partial charge is 0.271 e. The minimum Gasteiger partial charge on any atom is -0.344 e. The third-order valence-electron chi connectivity index (χ3n) is 1.92. The second-order valence-corrected chi connectivity index (χ2v) is 4.02. The first-order valence-electron chi connectivity index (χ1n) is 4.75. The van der Waals surface area contributed by atoms with E-state index in [4.69, 9.17) is 5.84 Å². The Kier molecular flexibility index (Phi) is 3.58. The first-order valence-corrected chi connectivity index (χ1v) is 5.63. The molecule has 0 atom stereocenters. The maximum absolute atomic E-state index is 11.7. The molecule has 0 unspecified atom stereocenters. The van der Waals surface area contributed by atoms with Gasteiger partial charge in [0.05, 0.1) is 18.9 Å². The molecule has 2 rings (SSSR count). The van der Waals surface area contributed by atoms with Crippen molar-refractivity contribution in [1.29, 1.82) is 0 Å². The van der Waals surface area contributed by atoms with Crippen LogP contribution in [0.2, 0.25) is 0 Å². The van der Waals surface area contributed by atoms with Crippen molar-refractivity contribution < 1.29 is 4.79 Å². The molecule has 0 aromatic carbocycles. The number of hydrazine groups is 1. The number of amides is 1.